The first-order valence-electron chi connectivity index (χ1n) is 3.81. The van der Waals surface area contributed by atoms with Crippen molar-refractivity contribution >= 4 is 26.6 Å². The van der Waals surface area contributed by atoms with Crippen molar-refractivity contribution in [3.63, 3.8) is 0 Å². The van der Waals surface area contributed by atoms with Crippen molar-refractivity contribution in [2.75, 3.05) is 18.3 Å². The van der Waals surface area contributed by atoms with Crippen molar-refractivity contribution in [3.05, 3.63) is 0 Å². The molecule has 0 aromatic heterocycles. The summed E-state index contributed by atoms with van der Waals surface area (Å²) in [5, 5.41) is 3.75. The monoisotopic (exact) mass is 223 g/mol. The van der Waals surface area contributed by atoms with E-state index < -0.39 is 15.4 Å². The summed E-state index contributed by atoms with van der Waals surface area (Å²) in [5.41, 5.74) is -0.447. The highest BCUT2D eigenvalue weighted by Crippen LogP contribution is 2.28. The van der Waals surface area contributed by atoms with Gasteiger partial charge in [-0.1, -0.05) is 5.16 Å². The highest BCUT2D eigenvalue weighted by Gasteiger charge is 2.37. The summed E-state index contributed by atoms with van der Waals surface area (Å²) in [4.78, 5) is 5.11. The number of hydrogen-bond acceptors (Lipinski definition) is 5. The molecule has 0 spiro atoms. The Hall–Kier alpha value is -0.230. The fourth-order valence-electron chi connectivity index (χ4n) is 1.13. The van der Waals surface area contributed by atoms with E-state index in [0.717, 1.165) is 12.0 Å². The molecule has 1 aliphatic heterocycles. The third kappa shape index (κ3) is 2.60. The second-order valence-electron chi connectivity index (χ2n) is 3.41. The molecular weight excluding hydrogens is 210 g/mol. The van der Waals surface area contributed by atoms with Gasteiger partial charge in [0.15, 0.2) is 14.9 Å². The Morgan fingerprint density at radius 2 is 2.31 bits per heavy atom. The second-order valence-corrected chi connectivity index (χ2v) is 6.29. The van der Waals surface area contributed by atoms with Crippen LogP contribution >= 0.6 is 11.8 Å². The molecule has 0 aromatic rings. The Kier molecular flexibility index (Phi) is 2.91. The fourth-order valence-corrected chi connectivity index (χ4v) is 2.63. The first kappa shape index (κ1) is 10.8. The molecule has 76 valence electrons. The zero-order valence-electron chi connectivity index (χ0n) is 7.90. The number of nitrogens with zero attached hydrogens (tertiary/aromatic N) is 1. The molecule has 0 fully saturated rings. The van der Waals surface area contributed by atoms with Crippen LogP contribution in [-0.2, 0) is 14.7 Å². The van der Waals surface area contributed by atoms with E-state index in [-0.39, 0.29) is 5.04 Å². The zero-order chi connectivity index (χ0) is 10.1. The molecule has 0 amide bonds. The molecule has 0 N–H and O–H groups in total. The van der Waals surface area contributed by atoms with Gasteiger partial charge in [0, 0.05) is 18.4 Å². The quantitative estimate of drug-likeness (QED) is 0.697. The van der Waals surface area contributed by atoms with Crippen molar-refractivity contribution in [2.24, 2.45) is 5.16 Å². The summed E-state index contributed by atoms with van der Waals surface area (Å²) in [6.07, 6.45) is 3.49. The van der Waals surface area contributed by atoms with Crippen LogP contribution in [0.25, 0.3) is 0 Å². The van der Waals surface area contributed by atoms with Gasteiger partial charge in [-0.05, 0) is 13.2 Å². The van der Waals surface area contributed by atoms with Crippen molar-refractivity contribution in [1.29, 1.82) is 0 Å². The number of oxime groups is 1. The minimum absolute atomic E-state index is 0.157. The van der Waals surface area contributed by atoms with Crippen LogP contribution in [0, 0.1) is 0 Å². The van der Waals surface area contributed by atoms with Gasteiger partial charge in [-0.25, -0.2) is 8.42 Å². The molecule has 0 aromatic carbocycles. The Morgan fingerprint density at radius 3 is 2.69 bits per heavy atom. The molecule has 0 unspecified atom stereocenters. The summed E-state index contributed by atoms with van der Waals surface area (Å²) >= 11 is 1.62. The van der Waals surface area contributed by atoms with Gasteiger partial charge in [-0.15, -0.1) is 0 Å². The van der Waals surface area contributed by atoms with E-state index >= 15 is 0 Å². The molecule has 1 rings (SSSR count). The van der Waals surface area contributed by atoms with E-state index in [1.165, 1.54) is 0 Å². The average Bonchev–Trinajstić information content (AvgIpc) is 2.31. The Bertz CT molecular complexity index is 323. The van der Waals surface area contributed by atoms with Gasteiger partial charge in [-0.2, -0.15) is 11.8 Å². The van der Waals surface area contributed by atoms with Gasteiger partial charge in [0.05, 0.1) is 0 Å². The topological polar surface area (TPSA) is 55.7 Å². The van der Waals surface area contributed by atoms with Gasteiger partial charge in [-0.3, -0.25) is 0 Å². The summed E-state index contributed by atoms with van der Waals surface area (Å²) in [6, 6.07) is 0. The lowest BCUT2D eigenvalue weighted by Gasteiger charge is -2.19. The van der Waals surface area contributed by atoms with Gasteiger partial charge in [0.25, 0.3) is 0 Å². The van der Waals surface area contributed by atoms with Crippen molar-refractivity contribution in [3.8, 4) is 0 Å². The van der Waals surface area contributed by atoms with Crippen LogP contribution < -0.4 is 0 Å². The maximum Gasteiger partial charge on any atom is 0.192 e. The Labute approximate surface area is 82.6 Å². The SMILES string of the molecule is CSC[C@]1(C)CC(S(C)(=O)=O)=NO1. The van der Waals surface area contributed by atoms with Crippen molar-refractivity contribution < 1.29 is 13.3 Å². The fraction of sp³-hybridized carbons (Fsp3) is 0.857. The Morgan fingerprint density at radius 1 is 1.69 bits per heavy atom. The number of thioether (sulfide) groups is 1. The van der Waals surface area contributed by atoms with Crippen LogP contribution in [0.2, 0.25) is 0 Å². The van der Waals surface area contributed by atoms with E-state index in [0.29, 0.717) is 6.42 Å². The molecule has 4 nitrogen and oxygen atoms in total. The summed E-state index contributed by atoms with van der Waals surface area (Å²) in [7, 11) is -3.18. The number of sulfone groups is 1. The minimum Gasteiger partial charge on any atom is -0.387 e. The van der Waals surface area contributed by atoms with E-state index in [2.05, 4.69) is 5.16 Å². The lowest BCUT2D eigenvalue weighted by atomic mass is 10.1. The van der Waals surface area contributed by atoms with Gasteiger partial charge >= 0.3 is 0 Å². The van der Waals surface area contributed by atoms with E-state index in [4.69, 9.17) is 4.84 Å². The first-order valence-corrected chi connectivity index (χ1v) is 7.10. The maximum atomic E-state index is 11.1. The van der Waals surface area contributed by atoms with Crippen LogP contribution in [0.4, 0.5) is 0 Å². The summed E-state index contributed by atoms with van der Waals surface area (Å²) in [6.45, 7) is 1.87. The molecule has 1 aliphatic rings. The van der Waals surface area contributed by atoms with Crippen molar-refractivity contribution in [1.82, 2.24) is 0 Å². The smallest absolute Gasteiger partial charge is 0.192 e. The predicted molar refractivity (Wildman–Crippen MR) is 54.8 cm³/mol. The van der Waals surface area contributed by atoms with E-state index in [1.54, 1.807) is 11.8 Å². The van der Waals surface area contributed by atoms with Crippen LogP contribution in [-0.4, -0.2) is 37.3 Å². The predicted octanol–water partition coefficient (Wildman–Crippen LogP) is 0.887. The molecule has 0 aliphatic carbocycles. The number of hydrogen-bond donors (Lipinski definition) is 0. The zero-order valence-corrected chi connectivity index (χ0v) is 9.54. The third-order valence-electron chi connectivity index (χ3n) is 1.77. The normalized spacial score (nSPS) is 28.4. The van der Waals surface area contributed by atoms with Crippen LogP contribution in [0.1, 0.15) is 13.3 Å². The molecule has 0 saturated heterocycles. The lowest BCUT2D eigenvalue weighted by molar-refractivity contribution is 0.0164. The van der Waals surface area contributed by atoms with E-state index in [1.807, 2.05) is 13.2 Å². The average molecular weight is 223 g/mol. The van der Waals surface area contributed by atoms with Crippen LogP contribution in [0.15, 0.2) is 5.16 Å². The largest absolute Gasteiger partial charge is 0.387 e. The molecule has 1 atom stereocenters. The highest BCUT2D eigenvalue weighted by molar-refractivity contribution is 8.05. The van der Waals surface area contributed by atoms with Gasteiger partial charge in [0.1, 0.15) is 5.60 Å². The van der Waals surface area contributed by atoms with E-state index in [9.17, 15) is 8.42 Å². The molecular formula is C7H13NO3S2. The van der Waals surface area contributed by atoms with Gasteiger partial charge in [0.2, 0.25) is 0 Å². The maximum absolute atomic E-state index is 11.1. The highest BCUT2D eigenvalue weighted by atomic mass is 32.2. The molecule has 0 bridgehead atoms. The third-order valence-corrected chi connectivity index (χ3v) is 3.74. The molecule has 0 saturated carbocycles. The molecule has 6 heteroatoms. The summed E-state index contributed by atoms with van der Waals surface area (Å²) < 4.78 is 22.2. The Balaban J connectivity index is 2.71. The number of rotatable bonds is 2. The summed E-state index contributed by atoms with van der Waals surface area (Å²) in [5.74, 6) is 0.746. The van der Waals surface area contributed by atoms with Crippen molar-refractivity contribution in [2.45, 2.75) is 18.9 Å². The first-order chi connectivity index (χ1) is 5.87. The second kappa shape index (κ2) is 3.49. The minimum atomic E-state index is -3.18. The molecule has 0 radical (unpaired) electrons. The molecule has 13 heavy (non-hydrogen) atoms. The standard InChI is InChI=1S/C7H13NO3S2/c1-7(5-12-2)4-6(8-11-7)13(3,9)10/h4-5H2,1-3H3/t7-/m0/s1. The van der Waals surface area contributed by atoms with Crippen LogP contribution in [0.3, 0.4) is 0 Å². The van der Waals surface area contributed by atoms with Crippen LogP contribution in [0.5, 0.6) is 0 Å². The lowest BCUT2D eigenvalue weighted by Crippen LogP contribution is -2.29. The van der Waals surface area contributed by atoms with Gasteiger partial charge < -0.3 is 4.84 Å². The molecule has 1 heterocycles.